The Bertz CT molecular complexity index is 991. The van der Waals surface area contributed by atoms with Crippen molar-refractivity contribution in [1.82, 2.24) is 15.2 Å². The van der Waals surface area contributed by atoms with Crippen LogP contribution < -0.4 is 11.1 Å². The van der Waals surface area contributed by atoms with Crippen LogP contribution in [0.5, 0.6) is 0 Å². The first-order valence-corrected chi connectivity index (χ1v) is 8.60. The third-order valence-electron chi connectivity index (χ3n) is 5.07. The van der Waals surface area contributed by atoms with Crippen molar-refractivity contribution in [2.24, 2.45) is 0 Å². The number of pyridine rings is 1. The fraction of sp³-hybridized carbons (Fsp3) is 0.263. The van der Waals surface area contributed by atoms with Crippen LogP contribution in [0.25, 0.3) is 11.3 Å². The smallest absolute Gasteiger partial charge is 0.255 e. The van der Waals surface area contributed by atoms with Crippen LogP contribution in [0.3, 0.4) is 0 Å². The van der Waals surface area contributed by atoms with Gasteiger partial charge in [-0.1, -0.05) is 6.07 Å². The molecule has 2 aromatic rings. The number of fused-ring (bicyclic) bond motifs is 1. The average molecular weight is 368 g/mol. The number of nitrogens with two attached hydrogens (primary N) is 1. The molecule has 1 aromatic carbocycles. The van der Waals surface area contributed by atoms with Crippen molar-refractivity contribution in [2.45, 2.75) is 31.8 Å². The highest BCUT2D eigenvalue weighted by Gasteiger charge is 2.44. The molecule has 7 nitrogen and oxygen atoms in total. The molecule has 1 saturated heterocycles. The zero-order valence-corrected chi connectivity index (χ0v) is 14.5. The molecule has 3 amide bonds. The second-order valence-electron chi connectivity index (χ2n) is 6.69. The summed E-state index contributed by atoms with van der Waals surface area (Å²) in [5.41, 5.74) is 6.75. The number of rotatable bonds is 2. The van der Waals surface area contributed by atoms with Crippen LogP contribution in [0.15, 0.2) is 30.3 Å². The Morgan fingerprint density at radius 3 is 2.63 bits per heavy atom. The summed E-state index contributed by atoms with van der Waals surface area (Å²) in [6.07, 6.45) is 0.365. The fourth-order valence-corrected chi connectivity index (χ4v) is 3.80. The Kier molecular flexibility index (Phi) is 3.91. The number of carbonyl (C=O) groups excluding carboxylic acids is 3. The van der Waals surface area contributed by atoms with Crippen LogP contribution in [-0.2, 0) is 9.59 Å². The van der Waals surface area contributed by atoms with Crippen molar-refractivity contribution in [2.75, 3.05) is 5.73 Å². The van der Waals surface area contributed by atoms with Gasteiger partial charge in [-0.15, -0.1) is 0 Å². The SMILES string of the molecule is C[C@@H]1c2c(ccc(-c3cccc(N)n3)c2F)C(=O)N1C1CCC(=O)NC1=O. The van der Waals surface area contributed by atoms with E-state index in [0.717, 1.165) is 0 Å². The van der Waals surface area contributed by atoms with Crippen LogP contribution in [0, 0.1) is 5.82 Å². The number of nitrogen functional groups attached to an aromatic ring is 1. The Balaban J connectivity index is 1.75. The number of nitrogens with zero attached hydrogens (tertiary/aromatic N) is 2. The number of piperidine rings is 1. The van der Waals surface area contributed by atoms with Crippen molar-refractivity contribution >= 4 is 23.5 Å². The second kappa shape index (κ2) is 6.15. The van der Waals surface area contributed by atoms with Gasteiger partial charge in [-0.3, -0.25) is 19.7 Å². The molecule has 8 heteroatoms. The molecule has 2 aliphatic rings. The highest BCUT2D eigenvalue weighted by molar-refractivity contribution is 6.06. The van der Waals surface area contributed by atoms with E-state index in [2.05, 4.69) is 10.3 Å². The van der Waals surface area contributed by atoms with Gasteiger partial charge in [-0.05, 0) is 37.6 Å². The van der Waals surface area contributed by atoms with Crippen LogP contribution >= 0.6 is 0 Å². The largest absolute Gasteiger partial charge is 0.384 e. The quantitative estimate of drug-likeness (QED) is 0.786. The molecular formula is C19H17FN4O3. The minimum absolute atomic E-state index is 0.143. The first kappa shape index (κ1) is 17.1. The van der Waals surface area contributed by atoms with Crippen LogP contribution in [0.4, 0.5) is 10.2 Å². The summed E-state index contributed by atoms with van der Waals surface area (Å²) in [5.74, 6) is -1.60. The van der Waals surface area contributed by atoms with E-state index in [0.29, 0.717) is 5.69 Å². The molecule has 0 aliphatic carbocycles. The van der Waals surface area contributed by atoms with Crippen molar-refractivity contribution < 1.29 is 18.8 Å². The van der Waals surface area contributed by atoms with Gasteiger partial charge in [0.25, 0.3) is 5.91 Å². The molecular weight excluding hydrogens is 351 g/mol. The summed E-state index contributed by atoms with van der Waals surface area (Å²) in [4.78, 5) is 41.9. The van der Waals surface area contributed by atoms with E-state index in [1.165, 1.54) is 11.0 Å². The van der Waals surface area contributed by atoms with Gasteiger partial charge >= 0.3 is 0 Å². The van der Waals surface area contributed by atoms with E-state index in [-0.39, 0.29) is 41.3 Å². The number of imide groups is 1. The number of amides is 3. The number of nitrogens with one attached hydrogen (secondary N) is 1. The summed E-state index contributed by atoms with van der Waals surface area (Å²) < 4.78 is 15.3. The first-order chi connectivity index (χ1) is 12.9. The van der Waals surface area contributed by atoms with Crippen LogP contribution in [-0.4, -0.2) is 33.6 Å². The Labute approximate surface area is 154 Å². The minimum atomic E-state index is -0.800. The van der Waals surface area contributed by atoms with Crippen LogP contribution in [0.2, 0.25) is 0 Å². The Hall–Kier alpha value is -3.29. The third kappa shape index (κ3) is 2.64. The highest BCUT2D eigenvalue weighted by atomic mass is 19.1. The molecule has 1 fully saturated rings. The zero-order chi connectivity index (χ0) is 19.3. The molecule has 27 heavy (non-hydrogen) atoms. The minimum Gasteiger partial charge on any atom is -0.384 e. The molecule has 0 radical (unpaired) electrons. The van der Waals surface area contributed by atoms with Crippen molar-refractivity contribution in [1.29, 1.82) is 0 Å². The third-order valence-corrected chi connectivity index (χ3v) is 5.07. The van der Waals surface area contributed by atoms with Gasteiger partial charge in [-0.2, -0.15) is 0 Å². The van der Waals surface area contributed by atoms with E-state index in [4.69, 9.17) is 5.73 Å². The van der Waals surface area contributed by atoms with E-state index in [1.807, 2.05) is 0 Å². The summed E-state index contributed by atoms with van der Waals surface area (Å²) in [5, 5.41) is 2.24. The number of anilines is 1. The van der Waals surface area contributed by atoms with Gasteiger partial charge in [0.2, 0.25) is 11.8 Å². The Morgan fingerprint density at radius 1 is 1.19 bits per heavy atom. The van der Waals surface area contributed by atoms with Crippen molar-refractivity contribution in [3.63, 3.8) is 0 Å². The normalized spacial score (nSPS) is 22.0. The molecule has 0 bridgehead atoms. The first-order valence-electron chi connectivity index (χ1n) is 8.60. The summed E-state index contributed by atoms with van der Waals surface area (Å²) in [6.45, 7) is 1.67. The van der Waals surface area contributed by atoms with Crippen molar-refractivity contribution in [3.05, 3.63) is 47.3 Å². The molecule has 0 saturated carbocycles. The maximum atomic E-state index is 15.3. The number of carbonyl (C=O) groups is 3. The average Bonchev–Trinajstić information content (AvgIpc) is 2.87. The van der Waals surface area contributed by atoms with Gasteiger partial charge in [0, 0.05) is 23.1 Å². The topological polar surface area (TPSA) is 105 Å². The summed E-state index contributed by atoms with van der Waals surface area (Å²) in [7, 11) is 0. The highest BCUT2D eigenvalue weighted by Crippen LogP contribution is 2.40. The lowest BCUT2D eigenvalue weighted by Crippen LogP contribution is -2.53. The molecule has 3 N–H and O–H groups in total. The predicted molar refractivity (Wildman–Crippen MR) is 94.8 cm³/mol. The standard InChI is InChI=1S/C19H17FN4O3/c1-9-16-11(19(27)24(9)13-7-8-15(25)23-18(13)26)6-5-10(17(16)20)12-3-2-4-14(21)22-12/h2-6,9,13H,7-8H2,1H3,(H2,21,22)(H,23,25,26)/t9-,13?/m1/s1. The van der Waals surface area contributed by atoms with Gasteiger partial charge in [0.15, 0.2) is 0 Å². The maximum absolute atomic E-state index is 15.3. The summed E-state index contributed by atoms with van der Waals surface area (Å²) in [6, 6.07) is 6.52. The van der Waals surface area contributed by atoms with E-state index < -0.39 is 29.7 Å². The second-order valence-corrected chi connectivity index (χ2v) is 6.69. The number of benzene rings is 1. The molecule has 138 valence electrons. The van der Waals surface area contributed by atoms with Gasteiger partial charge in [0.1, 0.15) is 17.7 Å². The monoisotopic (exact) mass is 368 g/mol. The van der Waals surface area contributed by atoms with E-state index >= 15 is 4.39 Å². The maximum Gasteiger partial charge on any atom is 0.255 e. The molecule has 0 spiro atoms. The number of hydrogen-bond donors (Lipinski definition) is 2. The lowest BCUT2D eigenvalue weighted by atomic mass is 9.98. The molecule has 1 aromatic heterocycles. The predicted octanol–water partition coefficient (Wildman–Crippen LogP) is 1.79. The van der Waals surface area contributed by atoms with Crippen molar-refractivity contribution in [3.8, 4) is 11.3 Å². The lowest BCUT2D eigenvalue weighted by Gasteiger charge is -2.32. The zero-order valence-electron chi connectivity index (χ0n) is 14.5. The molecule has 2 aliphatic heterocycles. The lowest BCUT2D eigenvalue weighted by molar-refractivity contribution is -0.137. The van der Waals surface area contributed by atoms with E-state index in [1.54, 1.807) is 31.2 Å². The number of aromatic nitrogens is 1. The molecule has 3 heterocycles. The number of halogens is 1. The van der Waals surface area contributed by atoms with Gasteiger partial charge in [-0.25, -0.2) is 9.37 Å². The summed E-state index contributed by atoms with van der Waals surface area (Å²) >= 11 is 0. The van der Waals surface area contributed by atoms with Crippen LogP contribution in [0.1, 0.15) is 41.7 Å². The number of hydrogen-bond acceptors (Lipinski definition) is 5. The molecule has 4 rings (SSSR count). The van der Waals surface area contributed by atoms with Gasteiger partial charge < -0.3 is 10.6 Å². The van der Waals surface area contributed by atoms with Gasteiger partial charge in [0.05, 0.1) is 11.7 Å². The van der Waals surface area contributed by atoms with E-state index in [9.17, 15) is 14.4 Å². The Morgan fingerprint density at radius 2 is 1.93 bits per heavy atom. The molecule has 2 atom stereocenters. The fourth-order valence-electron chi connectivity index (χ4n) is 3.80. The molecule has 1 unspecified atom stereocenters.